The number of carboxylic acids is 1. The van der Waals surface area contributed by atoms with Gasteiger partial charge in [-0.3, -0.25) is 0 Å². The van der Waals surface area contributed by atoms with Crippen molar-refractivity contribution in [3.63, 3.8) is 0 Å². The predicted molar refractivity (Wildman–Crippen MR) is 85.4 cm³/mol. The van der Waals surface area contributed by atoms with Gasteiger partial charge in [-0.25, -0.2) is 4.79 Å². The van der Waals surface area contributed by atoms with E-state index in [9.17, 15) is 4.79 Å². The number of carboxylic acid groups (broad SMARTS) is 1. The molecule has 1 aromatic carbocycles. The fraction of sp³-hybridized carbons (Fsp3) is 0.438. The summed E-state index contributed by atoms with van der Waals surface area (Å²) in [5, 5.41) is 9.40. The Morgan fingerprint density at radius 1 is 1.35 bits per heavy atom. The van der Waals surface area contributed by atoms with Gasteiger partial charge in [-0.05, 0) is 49.6 Å². The van der Waals surface area contributed by atoms with Crippen LogP contribution in [-0.2, 0) is 4.79 Å². The molecule has 0 aliphatic carbocycles. The van der Waals surface area contributed by atoms with E-state index in [1.54, 1.807) is 12.1 Å². The van der Waals surface area contributed by atoms with Gasteiger partial charge in [-0.1, -0.05) is 25.4 Å². The fourth-order valence-electron chi connectivity index (χ4n) is 2.06. The van der Waals surface area contributed by atoms with E-state index in [1.807, 2.05) is 12.1 Å². The van der Waals surface area contributed by atoms with E-state index in [-0.39, 0.29) is 0 Å². The second kappa shape index (κ2) is 7.34. The van der Waals surface area contributed by atoms with Crippen LogP contribution in [0.4, 0.5) is 5.69 Å². The third-order valence-corrected chi connectivity index (χ3v) is 3.12. The third-order valence-electron chi connectivity index (χ3n) is 2.89. The molecule has 0 fully saturated rings. The van der Waals surface area contributed by atoms with Crippen LogP contribution in [0.3, 0.4) is 0 Å². The minimum absolute atomic E-state index is 0.329. The molecule has 0 unspecified atom stereocenters. The molecule has 0 aliphatic rings. The van der Waals surface area contributed by atoms with Crippen LogP contribution in [0, 0.1) is 5.92 Å². The summed E-state index contributed by atoms with van der Waals surface area (Å²) in [4.78, 5) is 13.0. The second-order valence-corrected chi connectivity index (χ2v) is 5.95. The van der Waals surface area contributed by atoms with Gasteiger partial charge in [0.15, 0.2) is 0 Å². The third kappa shape index (κ3) is 4.89. The van der Waals surface area contributed by atoms with Crippen LogP contribution in [0.15, 0.2) is 24.3 Å². The minimum Gasteiger partial charge on any atom is -0.478 e. The molecule has 1 rings (SSSR count). The van der Waals surface area contributed by atoms with Crippen LogP contribution in [0.25, 0.3) is 6.08 Å². The highest BCUT2D eigenvalue weighted by Crippen LogP contribution is 2.28. The number of anilines is 1. The molecule has 1 N–H and O–H groups in total. The van der Waals surface area contributed by atoms with Crippen molar-refractivity contribution in [1.82, 2.24) is 0 Å². The molecule has 3 nitrogen and oxygen atoms in total. The highest BCUT2D eigenvalue weighted by molar-refractivity contribution is 6.30. The summed E-state index contributed by atoms with van der Waals surface area (Å²) in [6.07, 6.45) is 2.74. The van der Waals surface area contributed by atoms with Crippen LogP contribution in [-0.4, -0.2) is 23.7 Å². The van der Waals surface area contributed by atoms with Gasteiger partial charge in [0.2, 0.25) is 0 Å². The average Bonchev–Trinajstić information content (AvgIpc) is 2.33. The van der Waals surface area contributed by atoms with Crippen molar-refractivity contribution in [1.29, 1.82) is 0 Å². The standard InChI is InChI=1S/C16H22ClNO2/c1-11(2)10-18(12(3)4)15-7-6-14(17)9-13(15)5-8-16(19)20/h5-9,11-12H,10H2,1-4H3,(H,19,20)/b8-5+. The molecule has 20 heavy (non-hydrogen) atoms. The maximum absolute atomic E-state index is 10.7. The lowest BCUT2D eigenvalue weighted by molar-refractivity contribution is -0.131. The molecule has 110 valence electrons. The van der Waals surface area contributed by atoms with E-state index < -0.39 is 5.97 Å². The Bertz CT molecular complexity index is 495. The van der Waals surface area contributed by atoms with Gasteiger partial charge in [0.25, 0.3) is 0 Å². The maximum atomic E-state index is 10.7. The van der Waals surface area contributed by atoms with Gasteiger partial charge >= 0.3 is 5.97 Å². The first-order valence-corrected chi connectivity index (χ1v) is 7.16. The van der Waals surface area contributed by atoms with Crippen LogP contribution in [0.2, 0.25) is 5.02 Å². The number of benzene rings is 1. The van der Waals surface area contributed by atoms with E-state index >= 15 is 0 Å². The fourth-order valence-corrected chi connectivity index (χ4v) is 2.24. The smallest absolute Gasteiger partial charge is 0.328 e. The lowest BCUT2D eigenvalue weighted by atomic mass is 10.1. The first kappa shape index (κ1) is 16.6. The molecule has 0 amide bonds. The zero-order valence-corrected chi connectivity index (χ0v) is 13.2. The molecule has 4 heteroatoms. The van der Waals surface area contributed by atoms with Gasteiger partial charge in [0.1, 0.15) is 0 Å². The van der Waals surface area contributed by atoms with Crippen molar-refractivity contribution < 1.29 is 9.90 Å². The molecule has 0 aliphatic heterocycles. The van der Waals surface area contributed by atoms with Gasteiger partial charge in [0.05, 0.1) is 0 Å². The van der Waals surface area contributed by atoms with Crippen molar-refractivity contribution in [3.8, 4) is 0 Å². The number of rotatable bonds is 6. The Morgan fingerprint density at radius 2 is 2.00 bits per heavy atom. The molecular formula is C16H22ClNO2. The molecular weight excluding hydrogens is 274 g/mol. The van der Waals surface area contributed by atoms with Crippen molar-refractivity contribution >= 4 is 29.3 Å². The minimum atomic E-state index is -0.962. The Morgan fingerprint density at radius 3 is 2.50 bits per heavy atom. The zero-order valence-electron chi connectivity index (χ0n) is 12.4. The number of hydrogen-bond acceptors (Lipinski definition) is 2. The lowest BCUT2D eigenvalue weighted by Gasteiger charge is -2.32. The first-order valence-electron chi connectivity index (χ1n) is 6.78. The number of aliphatic carboxylic acids is 1. The van der Waals surface area contributed by atoms with E-state index in [0.29, 0.717) is 17.0 Å². The van der Waals surface area contributed by atoms with Gasteiger partial charge in [-0.15, -0.1) is 0 Å². The molecule has 0 saturated heterocycles. The number of carbonyl (C=O) groups is 1. The largest absolute Gasteiger partial charge is 0.478 e. The Balaban J connectivity index is 3.22. The Hall–Kier alpha value is -1.48. The van der Waals surface area contributed by atoms with Gasteiger partial charge < -0.3 is 10.0 Å². The lowest BCUT2D eigenvalue weighted by Crippen LogP contribution is -2.34. The molecule has 0 spiro atoms. The monoisotopic (exact) mass is 295 g/mol. The van der Waals surface area contributed by atoms with Crippen LogP contribution in [0.5, 0.6) is 0 Å². The van der Waals surface area contributed by atoms with Crippen LogP contribution < -0.4 is 4.90 Å². The second-order valence-electron chi connectivity index (χ2n) is 5.51. The summed E-state index contributed by atoms with van der Waals surface area (Å²) in [6, 6.07) is 5.92. The molecule has 0 heterocycles. The van der Waals surface area contributed by atoms with Crippen molar-refractivity contribution in [2.75, 3.05) is 11.4 Å². The SMILES string of the molecule is CC(C)CN(c1ccc(Cl)cc1/C=C/C(=O)O)C(C)C. The van der Waals surface area contributed by atoms with Crippen molar-refractivity contribution in [2.24, 2.45) is 5.92 Å². The van der Waals surface area contributed by atoms with E-state index in [2.05, 4.69) is 32.6 Å². The highest BCUT2D eigenvalue weighted by atomic mass is 35.5. The summed E-state index contributed by atoms with van der Waals surface area (Å²) >= 11 is 6.02. The highest BCUT2D eigenvalue weighted by Gasteiger charge is 2.15. The molecule has 0 radical (unpaired) electrons. The van der Waals surface area contributed by atoms with Crippen LogP contribution >= 0.6 is 11.6 Å². The molecule has 0 aromatic heterocycles. The average molecular weight is 296 g/mol. The number of nitrogens with zero attached hydrogens (tertiary/aromatic N) is 1. The Kier molecular flexibility index (Phi) is 6.08. The van der Waals surface area contributed by atoms with Gasteiger partial charge in [0, 0.05) is 29.4 Å². The maximum Gasteiger partial charge on any atom is 0.328 e. The summed E-state index contributed by atoms with van der Waals surface area (Å²) in [7, 11) is 0. The summed E-state index contributed by atoms with van der Waals surface area (Å²) in [6.45, 7) is 9.49. The number of halogens is 1. The zero-order chi connectivity index (χ0) is 15.3. The molecule has 0 bridgehead atoms. The number of hydrogen-bond donors (Lipinski definition) is 1. The van der Waals surface area contributed by atoms with Crippen LogP contribution in [0.1, 0.15) is 33.3 Å². The van der Waals surface area contributed by atoms with Crippen molar-refractivity contribution in [2.45, 2.75) is 33.7 Å². The van der Waals surface area contributed by atoms with E-state index in [4.69, 9.17) is 16.7 Å². The van der Waals surface area contributed by atoms with E-state index in [0.717, 1.165) is 23.9 Å². The summed E-state index contributed by atoms with van der Waals surface area (Å²) < 4.78 is 0. The topological polar surface area (TPSA) is 40.5 Å². The first-order chi connectivity index (χ1) is 9.31. The van der Waals surface area contributed by atoms with Crippen molar-refractivity contribution in [3.05, 3.63) is 34.9 Å². The molecule has 0 saturated carbocycles. The molecule has 1 aromatic rings. The van der Waals surface area contributed by atoms with E-state index in [1.165, 1.54) is 0 Å². The normalized spacial score (nSPS) is 11.6. The summed E-state index contributed by atoms with van der Waals surface area (Å²) in [5.41, 5.74) is 1.84. The quantitative estimate of drug-likeness (QED) is 0.795. The molecule has 0 atom stereocenters. The Labute approximate surface area is 125 Å². The predicted octanol–water partition coefficient (Wildman–Crippen LogP) is 4.31. The van der Waals surface area contributed by atoms with Gasteiger partial charge in [-0.2, -0.15) is 0 Å². The summed E-state index contributed by atoms with van der Waals surface area (Å²) in [5.74, 6) is -0.444.